The third kappa shape index (κ3) is 3.18. The first kappa shape index (κ1) is 23.8. The van der Waals surface area contributed by atoms with Crippen LogP contribution in [0.5, 0.6) is 5.75 Å². The number of carbonyl (C=O) groups excluding carboxylic acids is 2. The number of hydrogen-bond donors (Lipinski definition) is 0. The van der Waals surface area contributed by atoms with Crippen molar-refractivity contribution in [3.63, 3.8) is 0 Å². The lowest BCUT2D eigenvalue weighted by Gasteiger charge is -2.67. The highest BCUT2D eigenvalue weighted by Crippen LogP contribution is 2.72. The van der Waals surface area contributed by atoms with Crippen LogP contribution in [-0.4, -0.2) is 18.5 Å². The van der Waals surface area contributed by atoms with E-state index >= 15 is 0 Å². The minimum absolute atomic E-state index is 0.147. The van der Waals surface area contributed by atoms with E-state index in [0.29, 0.717) is 30.6 Å². The molecule has 6 rings (SSSR count). The smallest absolute Gasteiger partial charge is 0.315 e. The molecular weight excluding hydrogens is 448 g/mol. The lowest BCUT2D eigenvalue weighted by Crippen LogP contribution is -2.64. The van der Waals surface area contributed by atoms with E-state index in [2.05, 4.69) is 39.8 Å². The van der Waals surface area contributed by atoms with Crippen molar-refractivity contribution in [3.8, 4) is 5.75 Å². The molecule has 2 saturated carbocycles. The lowest BCUT2D eigenvalue weighted by molar-refractivity contribution is -0.203. The van der Waals surface area contributed by atoms with Crippen molar-refractivity contribution in [1.82, 2.24) is 0 Å². The quantitative estimate of drug-likeness (QED) is 0.258. The second-order valence-electron chi connectivity index (χ2n) is 13.0. The Morgan fingerprint density at radius 3 is 2.53 bits per heavy atom. The molecule has 1 saturated heterocycles. The summed E-state index contributed by atoms with van der Waals surface area (Å²) in [5, 5.41) is 1.98. The third-order valence-corrected chi connectivity index (χ3v) is 11.1. The minimum atomic E-state index is -0.520. The van der Waals surface area contributed by atoms with Gasteiger partial charge in [0.15, 0.2) is 0 Å². The molecule has 0 amide bonds. The van der Waals surface area contributed by atoms with Gasteiger partial charge in [-0.3, -0.25) is 9.59 Å². The van der Waals surface area contributed by atoms with E-state index in [1.807, 2.05) is 42.5 Å². The Labute approximate surface area is 214 Å². The molecule has 3 fully saturated rings. The van der Waals surface area contributed by atoms with Crippen LogP contribution >= 0.6 is 0 Å². The van der Waals surface area contributed by atoms with Crippen molar-refractivity contribution >= 4 is 22.7 Å². The first-order valence-corrected chi connectivity index (χ1v) is 13.6. The van der Waals surface area contributed by atoms with Crippen molar-refractivity contribution in [3.05, 3.63) is 54.6 Å². The van der Waals surface area contributed by atoms with Crippen LogP contribution in [-0.2, 0) is 14.3 Å². The van der Waals surface area contributed by atoms with E-state index < -0.39 is 5.41 Å². The molecule has 4 aliphatic rings. The van der Waals surface area contributed by atoms with Crippen LogP contribution in [0, 0.1) is 39.4 Å². The average molecular weight is 487 g/mol. The molecule has 1 unspecified atom stereocenters. The Kier molecular flexibility index (Phi) is 5.24. The number of ether oxygens (including phenoxy) is 2. The summed E-state index contributed by atoms with van der Waals surface area (Å²) in [6, 6.07) is 13.8. The highest BCUT2D eigenvalue weighted by molar-refractivity contribution is 5.91. The zero-order chi connectivity index (χ0) is 25.3. The number of hydrogen-bond acceptors (Lipinski definition) is 4. The normalized spacial score (nSPS) is 38.9. The Morgan fingerprint density at radius 1 is 0.972 bits per heavy atom. The SMILES string of the molecule is CC1(C)C=CC[C@@]2(C)C1CC[C@]1(C)[C@@H]2CC[C@H](C(=O)Oc2cccc3ccccc23)[C@]12COC(=O)C2. The maximum absolute atomic E-state index is 14.0. The predicted octanol–water partition coefficient (Wildman–Crippen LogP) is 7.11. The highest BCUT2D eigenvalue weighted by Gasteiger charge is 2.70. The molecule has 3 aliphatic carbocycles. The summed E-state index contributed by atoms with van der Waals surface area (Å²) in [6.45, 7) is 9.92. The van der Waals surface area contributed by atoms with E-state index in [4.69, 9.17) is 9.47 Å². The van der Waals surface area contributed by atoms with Gasteiger partial charge in [0, 0.05) is 10.8 Å². The topological polar surface area (TPSA) is 52.6 Å². The molecule has 0 aromatic heterocycles. The molecule has 1 aliphatic heterocycles. The summed E-state index contributed by atoms with van der Waals surface area (Å²) in [6.07, 6.45) is 10.0. The molecule has 4 nitrogen and oxygen atoms in total. The van der Waals surface area contributed by atoms with E-state index in [1.54, 1.807) is 0 Å². The number of esters is 2. The van der Waals surface area contributed by atoms with Gasteiger partial charge in [-0.05, 0) is 71.6 Å². The summed E-state index contributed by atoms with van der Waals surface area (Å²) < 4.78 is 11.9. The van der Waals surface area contributed by atoms with Gasteiger partial charge in [0.25, 0.3) is 0 Å². The van der Waals surface area contributed by atoms with Crippen LogP contribution in [0.2, 0.25) is 0 Å². The summed E-state index contributed by atoms with van der Waals surface area (Å²) in [7, 11) is 0. The number of cyclic esters (lactones) is 1. The van der Waals surface area contributed by atoms with E-state index in [9.17, 15) is 9.59 Å². The summed E-state index contributed by atoms with van der Waals surface area (Å²) in [5.74, 6) is 0.903. The molecule has 2 aromatic carbocycles. The Hall–Kier alpha value is -2.62. The third-order valence-electron chi connectivity index (χ3n) is 11.1. The van der Waals surface area contributed by atoms with Crippen LogP contribution in [0.25, 0.3) is 10.8 Å². The standard InChI is InChI=1S/C32H38O4/c1-29(2)16-8-17-30(3)25(29)15-18-31(4)26(30)14-13-23(32(31)19-27(33)35-20-32)28(34)36-24-12-7-10-21-9-5-6-11-22(21)24/h5-12,16,23,25-26H,13-15,17-20H2,1-4H3/t23-,25?,26-,30+,31-,32+/m1/s1. The summed E-state index contributed by atoms with van der Waals surface area (Å²) in [5.41, 5.74) is -0.373. The van der Waals surface area contributed by atoms with Gasteiger partial charge < -0.3 is 9.47 Å². The summed E-state index contributed by atoms with van der Waals surface area (Å²) in [4.78, 5) is 26.7. The monoisotopic (exact) mass is 486 g/mol. The van der Waals surface area contributed by atoms with Crippen molar-refractivity contribution in [2.45, 2.75) is 66.2 Å². The van der Waals surface area contributed by atoms with Crippen molar-refractivity contribution < 1.29 is 19.1 Å². The first-order valence-electron chi connectivity index (χ1n) is 13.6. The zero-order valence-electron chi connectivity index (χ0n) is 22.0. The highest BCUT2D eigenvalue weighted by atomic mass is 16.5. The van der Waals surface area contributed by atoms with Crippen LogP contribution < -0.4 is 4.74 Å². The van der Waals surface area contributed by atoms with Crippen LogP contribution in [0.4, 0.5) is 0 Å². The number of rotatable bonds is 2. The van der Waals surface area contributed by atoms with Crippen LogP contribution in [0.15, 0.2) is 54.6 Å². The molecule has 4 heteroatoms. The predicted molar refractivity (Wildman–Crippen MR) is 140 cm³/mol. The van der Waals surface area contributed by atoms with Gasteiger partial charge in [0.1, 0.15) is 5.75 Å². The van der Waals surface area contributed by atoms with Crippen molar-refractivity contribution in [2.24, 2.45) is 39.4 Å². The Balaban J connectivity index is 1.38. The van der Waals surface area contributed by atoms with Gasteiger partial charge in [-0.2, -0.15) is 0 Å². The van der Waals surface area contributed by atoms with Gasteiger partial charge in [-0.25, -0.2) is 0 Å². The minimum Gasteiger partial charge on any atom is -0.465 e. The fourth-order valence-corrected chi connectivity index (χ4v) is 9.38. The second-order valence-corrected chi connectivity index (χ2v) is 13.0. The molecule has 0 radical (unpaired) electrons. The Bertz CT molecular complexity index is 1250. The Morgan fingerprint density at radius 2 is 1.75 bits per heavy atom. The maximum Gasteiger partial charge on any atom is 0.315 e. The molecule has 1 spiro atoms. The van der Waals surface area contributed by atoms with E-state index in [-0.39, 0.29) is 34.1 Å². The molecule has 0 bridgehead atoms. The van der Waals surface area contributed by atoms with Gasteiger partial charge in [0.2, 0.25) is 0 Å². The van der Waals surface area contributed by atoms with Gasteiger partial charge >= 0.3 is 11.9 Å². The van der Waals surface area contributed by atoms with E-state index in [0.717, 1.165) is 42.9 Å². The van der Waals surface area contributed by atoms with Gasteiger partial charge in [0.05, 0.1) is 18.9 Å². The second kappa shape index (κ2) is 7.94. The number of fused-ring (bicyclic) bond motifs is 5. The zero-order valence-corrected chi connectivity index (χ0v) is 22.0. The largest absolute Gasteiger partial charge is 0.465 e. The number of benzene rings is 2. The average Bonchev–Trinajstić information content (AvgIpc) is 3.22. The van der Waals surface area contributed by atoms with Gasteiger partial charge in [-0.1, -0.05) is 76.2 Å². The lowest BCUT2D eigenvalue weighted by atomic mass is 9.36. The van der Waals surface area contributed by atoms with Crippen molar-refractivity contribution in [1.29, 1.82) is 0 Å². The van der Waals surface area contributed by atoms with E-state index in [1.165, 1.54) is 0 Å². The summed E-state index contributed by atoms with van der Waals surface area (Å²) >= 11 is 0. The molecule has 0 N–H and O–H groups in total. The maximum atomic E-state index is 14.0. The van der Waals surface area contributed by atoms with Gasteiger partial charge in [-0.15, -0.1) is 0 Å². The van der Waals surface area contributed by atoms with Crippen LogP contribution in [0.1, 0.15) is 66.2 Å². The molecule has 2 aromatic rings. The first-order chi connectivity index (χ1) is 17.1. The van der Waals surface area contributed by atoms with Crippen molar-refractivity contribution in [2.75, 3.05) is 6.61 Å². The van der Waals surface area contributed by atoms with Crippen LogP contribution in [0.3, 0.4) is 0 Å². The molecular formula is C32H38O4. The molecule has 36 heavy (non-hydrogen) atoms. The molecule has 190 valence electrons. The number of carbonyl (C=O) groups is 2. The fourth-order valence-electron chi connectivity index (χ4n) is 9.38. The fraction of sp³-hybridized carbons (Fsp3) is 0.562. The number of allylic oxidation sites excluding steroid dienone is 2. The molecule has 6 atom stereocenters. The molecule has 1 heterocycles.